The van der Waals surface area contributed by atoms with Crippen LogP contribution in [0, 0.1) is 5.41 Å². The molecule has 0 atom stereocenters. The summed E-state index contributed by atoms with van der Waals surface area (Å²) in [6.07, 6.45) is 0. The summed E-state index contributed by atoms with van der Waals surface area (Å²) in [6.45, 7) is 17.8. The predicted molar refractivity (Wildman–Crippen MR) is 122 cm³/mol. The van der Waals surface area contributed by atoms with E-state index in [1.54, 1.807) is 0 Å². The van der Waals surface area contributed by atoms with Crippen molar-refractivity contribution in [2.45, 2.75) is 27.7 Å². The second kappa shape index (κ2) is 19.9. The van der Waals surface area contributed by atoms with Gasteiger partial charge in [0, 0.05) is 30.0 Å². The molecule has 0 aliphatic carbocycles. The lowest BCUT2D eigenvalue weighted by Crippen LogP contribution is -2.38. The zero-order valence-corrected chi connectivity index (χ0v) is 19.8. The number of rotatable bonds is 16. The summed E-state index contributed by atoms with van der Waals surface area (Å²) in [7, 11) is 0. The van der Waals surface area contributed by atoms with Crippen LogP contribution in [0.3, 0.4) is 0 Å². The van der Waals surface area contributed by atoms with Crippen molar-refractivity contribution in [2.24, 2.45) is 5.41 Å². The molecule has 0 saturated heterocycles. The molecule has 0 aliphatic rings. The molecule has 8 heteroatoms. The van der Waals surface area contributed by atoms with Gasteiger partial charge in [-0.25, -0.2) is 0 Å². The van der Waals surface area contributed by atoms with Crippen molar-refractivity contribution in [1.82, 2.24) is 9.80 Å². The van der Waals surface area contributed by atoms with E-state index in [0.29, 0.717) is 13.2 Å². The molecule has 0 aromatic carbocycles. The van der Waals surface area contributed by atoms with Crippen LogP contribution in [0.15, 0.2) is 0 Å². The summed E-state index contributed by atoms with van der Waals surface area (Å²) in [5, 5.41) is 0. The quantitative estimate of drug-likeness (QED) is 0.285. The molecule has 0 aromatic rings. The van der Waals surface area contributed by atoms with Crippen LogP contribution in [0.4, 0.5) is 0 Å². The third-order valence-electron chi connectivity index (χ3n) is 4.38. The normalized spacial score (nSPS) is 11.5. The third-order valence-corrected chi connectivity index (χ3v) is 5.72. The second-order valence-electron chi connectivity index (χ2n) is 5.98. The number of hydrogen-bond donors (Lipinski definition) is 2. The van der Waals surface area contributed by atoms with E-state index in [-0.39, 0.29) is 30.2 Å². The largest absolute Gasteiger partial charge is 0.379 e. The van der Waals surface area contributed by atoms with E-state index in [9.17, 15) is 0 Å². The van der Waals surface area contributed by atoms with Crippen LogP contribution in [0.1, 0.15) is 27.7 Å². The molecule has 0 amide bonds. The zero-order chi connectivity index (χ0) is 17.6. The minimum atomic E-state index is -0.0985. The summed E-state index contributed by atoms with van der Waals surface area (Å²) < 4.78 is 11.8. The molecular weight excluding hydrogens is 399 g/mol. The van der Waals surface area contributed by atoms with Crippen LogP contribution in [0.2, 0.25) is 0 Å². The van der Waals surface area contributed by atoms with Gasteiger partial charge in [-0.15, -0.1) is 24.8 Å². The minimum Gasteiger partial charge on any atom is -0.379 e. The summed E-state index contributed by atoms with van der Waals surface area (Å²) in [6, 6.07) is 0. The summed E-state index contributed by atoms with van der Waals surface area (Å²) in [5.74, 6) is 1.46. The smallest absolute Gasteiger partial charge is 0.0593 e. The van der Waals surface area contributed by atoms with Gasteiger partial charge >= 0.3 is 0 Å². The lowest BCUT2D eigenvalue weighted by atomic mass is 9.95. The van der Waals surface area contributed by atoms with Gasteiger partial charge in [0.1, 0.15) is 0 Å². The van der Waals surface area contributed by atoms with Crippen LogP contribution in [0.5, 0.6) is 0 Å². The van der Waals surface area contributed by atoms with Gasteiger partial charge < -0.3 is 19.3 Å². The molecule has 0 saturated carbocycles. The Morgan fingerprint density at radius 3 is 1.24 bits per heavy atom. The molecule has 0 bridgehead atoms. The highest BCUT2D eigenvalue weighted by Crippen LogP contribution is 2.22. The van der Waals surface area contributed by atoms with Gasteiger partial charge in [-0.2, -0.15) is 25.3 Å². The number of thiol groups is 2. The molecule has 0 radical (unpaired) electrons. The monoisotopic (exact) mass is 438 g/mol. The summed E-state index contributed by atoms with van der Waals surface area (Å²) >= 11 is 9.02. The molecule has 0 fully saturated rings. The first-order valence-corrected chi connectivity index (χ1v) is 10.2. The van der Waals surface area contributed by atoms with Crippen molar-refractivity contribution < 1.29 is 9.47 Å². The maximum absolute atomic E-state index is 5.91. The maximum Gasteiger partial charge on any atom is 0.0593 e. The lowest BCUT2D eigenvalue weighted by molar-refractivity contribution is -0.00685. The summed E-state index contributed by atoms with van der Waals surface area (Å²) in [5.41, 5.74) is -0.0985. The topological polar surface area (TPSA) is 24.9 Å². The first kappa shape index (κ1) is 30.8. The number of likely N-dealkylation sites (N-methyl/N-ethyl adjacent to an activating group) is 2. The molecule has 0 aromatic heterocycles. The maximum atomic E-state index is 5.91. The number of nitrogens with zero attached hydrogens (tertiary/aromatic N) is 2. The van der Waals surface area contributed by atoms with Gasteiger partial charge in [0.2, 0.25) is 0 Å². The number of hydrogen-bond acceptors (Lipinski definition) is 6. The molecule has 0 N–H and O–H groups in total. The van der Waals surface area contributed by atoms with Crippen LogP contribution < -0.4 is 0 Å². The number of halogens is 2. The van der Waals surface area contributed by atoms with Crippen LogP contribution in [-0.2, 0) is 9.47 Å². The van der Waals surface area contributed by atoms with Gasteiger partial charge in [-0.3, -0.25) is 0 Å². The highest BCUT2D eigenvalue weighted by Gasteiger charge is 2.28. The molecule has 0 aliphatic heterocycles. The second-order valence-corrected chi connectivity index (χ2v) is 6.61. The first-order chi connectivity index (χ1) is 11.1. The predicted octanol–water partition coefficient (Wildman–Crippen LogP) is 3.39. The Morgan fingerprint density at radius 1 is 0.680 bits per heavy atom. The standard InChI is InChI=1S/C17H38N2O2S2.2ClH/c1-5-18(6-2)9-11-20-13-17(15-22,16-23)14-21-12-10-19(7-3)8-4;;/h22-23H,5-16H2,1-4H3;2*1H. The van der Waals surface area contributed by atoms with E-state index in [1.165, 1.54) is 0 Å². The Balaban J connectivity index is -0.00000242. The molecule has 156 valence electrons. The van der Waals surface area contributed by atoms with Gasteiger partial charge in [0.25, 0.3) is 0 Å². The van der Waals surface area contributed by atoms with Gasteiger partial charge in [-0.1, -0.05) is 27.7 Å². The Bertz CT molecular complexity index is 247. The van der Waals surface area contributed by atoms with Crippen LogP contribution in [0.25, 0.3) is 0 Å². The minimum absolute atomic E-state index is 0. The Hall–Kier alpha value is 1.12. The zero-order valence-electron chi connectivity index (χ0n) is 16.4. The van der Waals surface area contributed by atoms with E-state index >= 15 is 0 Å². The van der Waals surface area contributed by atoms with E-state index < -0.39 is 0 Å². The van der Waals surface area contributed by atoms with Crippen molar-refractivity contribution in [3.63, 3.8) is 0 Å². The highest BCUT2D eigenvalue weighted by atomic mass is 35.5. The molecular formula is C17H40Cl2N2O2S2. The summed E-state index contributed by atoms with van der Waals surface area (Å²) in [4.78, 5) is 4.73. The van der Waals surface area contributed by atoms with Crippen molar-refractivity contribution in [1.29, 1.82) is 0 Å². The van der Waals surface area contributed by atoms with Crippen molar-refractivity contribution >= 4 is 50.1 Å². The fourth-order valence-electron chi connectivity index (χ4n) is 2.32. The highest BCUT2D eigenvalue weighted by molar-refractivity contribution is 7.81. The van der Waals surface area contributed by atoms with Crippen molar-refractivity contribution in [2.75, 3.05) is 77.2 Å². The lowest BCUT2D eigenvalue weighted by Gasteiger charge is -2.31. The Morgan fingerprint density at radius 2 is 1.00 bits per heavy atom. The van der Waals surface area contributed by atoms with Crippen LogP contribution in [-0.4, -0.2) is 87.0 Å². The number of ether oxygens (including phenoxy) is 2. The van der Waals surface area contributed by atoms with Crippen LogP contribution >= 0.6 is 50.1 Å². The molecule has 0 unspecified atom stereocenters. The van der Waals surface area contributed by atoms with E-state index in [0.717, 1.165) is 64.0 Å². The van der Waals surface area contributed by atoms with E-state index in [4.69, 9.17) is 9.47 Å². The van der Waals surface area contributed by atoms with Gasteiger partial charge in [0.05, 0.1) is 26.4 Å². The SMILES string of the molecule is CCN(CC)CCOCC(CS)(CS)COCCN(CC)CC.Cl.Cl. The third kappa shape index (κ3) is 13.9. The molecule has 0 spiro atoms. The molecule has 0 rings (SSSR count). The van der Waals surface area contributed by atoms with Crippen molar-refractivity contribution in [3.8, 4) is 0 Å². The van der Waals surface area contributed by atoms with Gasteiger partial charge in [0.15, 0.2) is 0 Å². The molecule has 25 heavy (non-hydrogen) atoms. The molecule has 4 nitrogen and oxygen atoms in total. The Labute approximate surface area is 179 Å². The fourth-order valence-corrected chi connectivity index (χ4v) is 3.08. The van der Waals surface area contributed by atoms with E-state index in [2.05, 4.69) is 62.8 Å². The van der Waals surface area contributed by atoms with Crippen molar-refractivity contribution in [3.05, 3.63) is 0 Å². The Kier molecular flexibility index (Phi) is 24.5. The average molecular weight is 440 g/mol. The molecule has 0 heterocycles. The van der Waals surface area contributed by atoms with Gasteiger partial charge in [-0.05, 0) is 26.2 Å². The average Bonchev–Trinajstić information content (AvgIpc) is 2.60. The van der Waals surface area contributed by atoms with E-state index in [1.807, 2.05) is 0 Å². The fraction of sp³-hybridized carbons (Fsp3) is 1.00. The first-order valence-electron chi connectivity index (χ1n) is 8.93.